The Balaban J connectivity index is 2.69. The molecule has 0 spiro atoms. The number of hydrogen-bond donors (Lipinski definition) is 2. The molecule has 20 heavy (non-hydrogen) atoms. The molecule has 112 valence electrons. The summed E-state index contributed by atoms with van der Waals surface area (Å²) in [7, 11) is 0. The average Bonchev–Trinajstić information content (AvgIpc) is 2.82. The van der Waals surface area contributed by atoms with Gasteiger partial charge in [0.05, 0.1) is 11.5 Å². The van der Waals surface area contributed by atoms with Crippen LogP contribution in [0.2, 0.25) is 0 Å². The summed E-state index contributed by atoms with van der Waals surface area (Å²) in [6, 6.07) is 3.37. The average molecular weight is 281 g/mol. The molecule has 1 heterocycles. The van der Waals surface area contributed by atoms with Crippen LogP contribution in [0.3, 0.4) is 0 Å². The van der Waals surface area contributed by atoms with Crippen molar-refractivity contribution in [3.63, 3.8) is 0 Å². The Morgan fingerprint density at radius 3 is 2.35 bits per heavy atom. The Hall–Kier alpha value is -1.78. The van der Waals surface area contributed by atoms with E-state index in [1.54, 1.807) is 13.8 Å². The van der Waals surface area contributed by atoms with E-state index in [4.69, 9.17) is 4.42 Å². The predicted octanol–water partition coefficient (Wildman–Crippen LogP) is 3.05. The Morgan fingerprint density at radius 2 is 1.95 bits per heavy atom. The molecular formula is C15H23NO4. The summed E-state index contributed by atoms with van der Waals surface area (Å²) in [5.74, 6) is 0.268. The van der Waals surface area contributed by atoms with Gasteiger partial charge in [0, 0.05) is 6.42 Å². The Morgan fingerprint density at radius 1 is 1.35 bits per heavy atom. The van der Waals surface area contributed by atoms with E-state index in [9.17, 15) is 14.7 Å². The second kappa shape index (κ2) is 6.59. The van der Waals surface area contributed by atoms with Gasteiger partial charge in [-0.3, -0.25) is 9.59 Å². The highest BCUT2D eigenvalue weighted by Gasteiger charge is 2.37. The summed E-state index contributed by atoms with van der Waals surface area (Å²) in [6.45, 7) is 7.24. The molecule has 1 amide bonds. The van der Waals surface area contributed by atoms with E-state index in [2.05, 4.69) is 5.32 Å². The van der Waals surface area contributed by atoms with Crippen LogP contribution < -0.4 is 5.32 Å². The first kappa shape index (κ1) is 16.3. The van der Waals surface area contributed by atoms with E-state index in [1.165, 1.54) is 0 Å². The lowest BCUT2D eigenvalue weighted by molar-refractivity contribution is -0.152. The zero-order valence-corrected chi connectivity index (χ0v) is 12.5. The predicted molar refractivity (Wildman–Crippen MR) is 75.3 cm³/mol. The van der Waals surface area contributed by atoms with Crippen molar-refractivity contribution in [1.29, 1.82) is 0 Å². The number of carbonyl (C=O) groups is 2. The van der Waals surface area contributed by atoms with Crippen molar-refractivity contribution in [3.05, 3.63) is 23.7 Å². The molecule has 0 fully saturated rings. The molecule has 1 aromatic heterocycles. The molecule has 0 aromatic carbocycles. The minimum Gasteiger partial charge on any atom is -0.481 e. The molecule has 0 aliphatic heterocycles. The molecule has 2 N–H and O–H groups in total. The fourth-order valence-corrected chi connectivity index (χ4v) is 2.24. The molecule has 1 atom stereocenters. The second-order valence-corrected chi connectivity index (χ2v) is 5.21. The number of nitrogens with one attached hydrogen (secondary N) is 1. The molecule has 0 unspecified atom stereocenters. The van der Waals surface area contributed by atoms with Gasteiger partial charge in [0.2, 0.25) is 5.91 Å². The maximum absolute atomic E-state index is 12.1. The van der Waals surface area contributed by atoms with Crippen LogP contribution in [0.1, 0.15) is 57.6 Å². The maximum Gasteiger partial charge on any atom is 0.310 e. The number of carbonyl (C=O) groups excluding carboxylic acids is 1. The third-order valence-corrected chi connectivity index (χ3v) is 3.87. The summed E-state index contributed by atoms with van der Waals surface area (Å²) in [5, 5.41) is 12.1. The van der Waals surface area contributed by atoms with Gasteiger partial charge in [-0.1, -0.05) is 13.8 Å². The van der Waals surface area contributed by atoms with Crippen molar-refractivity contribution < 1.29 is 19.1 Å². The van der Waals surface area contributed by atoms with E-state index < -0.39 is 11.4 Å². The summed E-state index contributed by atoms with van der Waals surface area (Å²) in [5.41, 5.74) is -0.983. The van der Waals surface area contributed by atoms with Gasteiger partial charge in [-0.25, -0.2) is 0 Å². The third-order valence-electron chi connectivity index (χ3n) is 3.87. The molecule has 1 rings (SSSR count). The summed E-state index contributed by atoms with van der Waals surface area (Å²) in [4.78, 5) is 23.4. The molecule has 0 saturated carbocycles. The van der Waals surface area contributed by atoms with Gasteiger partial charge in [0.25, 0.3) is 0 Å². The van der Waals surface area contributed by atoms with Crippen LogP contribution in [-0.4, -0.2) is 17.0 Å². The quantitative estimate of drug-likeness (QED) is 0.805. The normalized spacial score (nSPS) is 13.0. The number of rotatable bonds is 7. The highest BCUT2D eigenvalue weighted by atomic mass is 16.4. The van der Waals surface area contributed by atoms with Crippen LogP contribution in [0.5, 0.6) is 0 Å². The van der Waals surface area contributed by atoms with Crippen molar-refractivity contribution in [2.75, 3.05) is 0 Å². The second-order valence-electron chi connectivity index (χ2n) is 5.21. The topological polar surface area (TPSA) is 79.5 Å². The van der Waals surface area contributed by atoms with Crippen LogP contribution in [0.25, 0.3) is 0 Å². The zero-order chi connectivity index (χ0) is 15.3. The Bertz CT molecular complexity index is 474. The lowest BCUT2D eigenvalue weighted by Crippen LogP contribution is -2.37. The minimum absolute atomic E-state index is 0.0145. The Kier molecular flexibility index (Phi) is 5.36. The van der Waals surface area contributed by atoms with Gasteiger partial charge >= 0.3 is 5.97 Å². The number of aliphatic carboxylic acids is 1. The van der Waals surface area contributed by atoms with Gasteiger partial charge in [-0.05, 0) is 38.8 Å². The molecule has 5 heteroatoms. The van der Waals surface area contributed by atoms with Crippen molar-refractivity contribution in [2.45, 2.75) is 53.0 Å². The van der Waals surface area contributed by atoms with Crippen LogP contribution in [-0.2, 0) is 9.59 Å². The summed E-state index contributed by atoms with van der Waals surface area (Å²) < 4.78 is 5.45. The fraction of sp³-hybridized carbons (Fsp3) is 0.600. The summed E-state index contributed by atoms with van der Waals surface area (Å²) in [6.07, 6.45) is 0.848. The molecule has 0 saturated heterocycles. The summed E-state index contributed by atoms with van der Waals surface area (Å²) >= 11 is 0. The van der Waals surface area contributed by atoms with E-state index >= 15 is 0 Å². The van der Waals surface area contributed by atoms with Crippen molar-refractivity contribution in [2.24, 2.45) is 5.41 Å². The van der Waals surface area contributed by atoms with Crippen molar-refractivity contribution in [3.8, 4) is 0 Å². The van der Waals surface area contributed by atoms with E-state index in [0.717, 1.165) is 5.76 Å². The van der Waals surface area contributed by atoms with E-state index in [0.29, 0.717) is 18.6 Å². The van der Waals surface area contributed by atoms with Gasteiger partial charge < -0.3 is 14.8 Å². The molecule has 0 aliphatic carbocycles. The van der Waals surface area contributed by atoms with Gasteiger partial charge in [0.1, 0.15) is 11.5 Å². The molecule has 0 aliphatic rings. The first-order valence-corrected chi connectivity index (χ1v) is 6.93. The van der Waals surface area contributed by atoms with Gasteiger partial charge in [-0.2, -0.15) is 0 Å². The van der Waals surface area contributed by atoms with Crippen LogP contribution in [0, 0.1) is 12.3 Å². The molecule has 0 bridgehead atoms. The first-order valence-electron chi connectivity index (χ1n) is 6.93. The van der Waals surface area contributed by atoms with Crippen LogP contribution >= 0.6 is 0 Å². The molecular weight excluding hydrogens is 258 g/mol. The molecule has 5 nitrogen and oxygen atoms in total. The highest BCUT2D eigenvalue weighted by molar-refractivity contribution is 5.85. The number of hydrogen-bond acceptors (Lipinski definition) is 3. The Labute approximate surface area is 119 Å². The number of aryl methyl sites for hydroxylation is 1. The number of carboxylic acid groups (broad SMARTS) is 1. The van der Waals surface area contributed by atoms with Gasteiger partial charge in [0.15, 0.2) is 0 Å². The maximum atomic E-state index is 12.1. The number of amides is 1. The van der Waals surface area contributed by atoms with Crippen molar-refractivity contribution in [1.82, 2.24) is 5.32 Å². The first-order chi connectivity index (χ1) is 9.34. The minimum atomic E-state index is -0.983. The third kappa shape index (κ3) is 3.62. The smallest absolute Gasteiger partial charge is 0.310 e. The van der Waals surface area contributed by atoms with Gasteiger partial charge in [-0.15, -0.1) is 0 Å². The number of furan rings is 1. The lowest BCUT2D eigenvalue weighted by atomic mass is 9.79. The largest absolute Gasteiger partial charge is 0.481 e. The monoisotopic (exact) mass is 281 g/mol. The van der Waals surface area contributed by atoms with Crippen LogP contribution in [0.15, 0.2) is 16.5 Å². The molecule has 0 radical (unpaired) electrons. The lowest BCUT2D eigenvalue weighted by Gasteiger charge is -2.26. The van der Waals surface area contributed by atoms with E-state index in [-0.39, 0.29) is 18.4 Å². The SMILES string of the molecule is CCC(CC)(CC(=O)N[C@@H](C)c1ccc(C)o1)C(=O)O. The van der Waals surface area contributed by atoms with Crippen LogP contribution in [0.4, 0.5) is 0 Å². The van der Waals surface area contributed by atoms with E-state index in [1.807, 2.05) is 26.0 Å². The number of carboxylic acids is 1. The zero-order valence-electron chi connectivity index (χ0n) is 12.5. The standard InChI is InChI=1S/C15H23NO4/c1-5-15(6-2,14(18)19)9-13(17)16-11(4)12-8-7-10(3)20-12/h7-8,11H,5-6,9H2,1-4H3,(H,16,17)(H,18,19)/t11-/m0/s1. The van der Waals surface area contributed by atoms with Crippen molar-refractivity contribution >= 4 is 11.9 Å². The highest BCUT2D eigenvalue weighted by Crippen LogP contribution is 2.31. The molecule has 1 aromatic rings. The fourth-order valence-electron chi connectivity index (χ4n) is 2.24.